The maximum atomic E-state index is 12.4. The average molecular weight is 389 g/mol. The Morgan fingerprint density at radius 1 is 1.15 bits per heavy atom. The number of anilines is 2. The van der Waals surface area contributed by atoms with E-state index in [1.54, 1.807) is 11.0 Å². The Labute approximate surface area is 161 Å². The molecule has 0 spiro atoms. The molecule has 27 heavy (non-hydrogen) atoms. The van der Waals surface area contributed by atoms with E-state index in [1.807, 2.05) is 18.2 Å². The van der Waals surface area contributed by atoms with Gasteiger partial charge in [0.1, 0.15) is 5.82 Å². The normalized spacial score (nSPS) is 17.7. The summed E-state index contributed by atoms with van der Waals surface area (Å²) in [4.78, 5) is 32.3. The van der Waals surface area contributed by atoms with Gasteiger partial charge in [-0.1, -0.05) is 11.6 Å². The molecule has 0 saturated carbocycles. The first-order valence-electron chi connectivity index (χ1n) is 8.98. The minimum absolute atomic E-state index is 0.0284. The van der Waals surface area contributed by atoms with Crippen LogP contribution in [0.4, 0.5) is 16.3 Å². The second-order valence-electron chi connectivity index (χ2n) is 6.77. The topological polar surface area (TPSA) is 94.8 Å². The third-order valence-electron chi connectivity index (χ3n) is 4.98. The number of benzene rings is 1. The number of hydrazine groups is 1. The van der Waals surface area contributed by atoms with Crippen LogP contribution >= 0.6 is 11.6 Å². The van der Waals surface area contributed by atoms with Crippen LogP contribution in [0.5, 0.6) is 0 Å². The molecule has 2 aliphatic heterocycles. The lowest BCUT2D eigenvalue weighted by molar-refractivity contribution is -0.129. The summed E-state index contributed by atoms with van der Waals surface area (Å²) in [6, 6.07) is 7.21. The van der Waals surface area contributed by atoms with Gasteiger partial charge in [-0.2, -0.15) is 0 Å². The Morgan fingerprint density at radius 2 is 1.93 bits per heavy atom. The van der Waals surface area contributed by atoms with E-state index in [9.17, 15) is 9.59 Å². The molecule has 2 saturated heterocycles. The van der Waals surface area contributed by atoms with Crippen LogP contribution in [-0.4, -0.2) is 59.6 Å². The monoisotopic (exact) mass is 388 g/mol. The minimum Gasteiger partial charge on any atom is -0.384 e. The number of carbonyl (C=O) groups is 2. The lowest BCUT2D eigenvalue weighted by atomic mass is 10.1. The fraction of sp³-hybridized carbons (Fsp3) is 0.389. The zero-order chi connectivity index (χ0) is 19.0. The molecule has 2 aromatic rings. The number of hydrogen-bond acceptors (Lipinski definition) is 5. The highest BCUT2D eigenvalue weighted by atomic mass is 35.5. The van der Waals surface area contributed by atoms with Gasteiger partial charge in [0.15, 0.2) is 0 Å². The Bertz CT molecular complexity index is 892. The number of nitrogens with zero attached hydrogens (tertiary/aromatic N) is 4. The first-order chi connectivity index (χ1) is 13.0. The van der Waals surface area contributed by atoms with Gasteiger partial charge < -0.3 is 15.5 Å². The summed E-state index contributed by atoms with van der Waals surface area (Å²) in [5, 5.41) is 3.01. The molecule has 0 bridgehead atoms. The van der Waals surface area contributed by atoms with E-state index in [1.165, 1.54) is 5.01 Å². The molecule has 0 radical (unpaired) electrons. The summed E-state index contributed by atoms with van der Waals surface area (Å²) >= 11 is 6.07. The van der Waals surface area contributed by atoms with Gasteiger partial charge in [0.05, 0.1) is 5.52 Å². The fourth-order valence-electron chi connectivity index (χ4n) is 3.57. The molecular weight excluding hydrogens is 368 g/mol. The van der Waals surface area contributed by atoms with E-state index >= 15 is 0 Å². The van der Waals surface area contributed by atoms with E-state index < -0.39 is 0 Å². The highest BCUT2D eigenvalue weighted by Gasteiger charge is 2.27. The van der Waals surface area contributed by atoms with Crippen LogP contribution in [0.2, 0.25) is 5.02 Å². The lowest BCUT2D eigenvalue weighted by Gasteiger charge is -2.37. The molecule has 2 aliphatic rings. The Hall–Kier alpha value is -2.74. The lowest BCUT2D eigenvalue weighted by Crippen LogP contribution is -2.55. The van der Waals surface area contributed by atoms with Crippen LogP contribution in [0.3, 0.4) is 0 Å². The molecule has 1 aromatic heterocycles. The van der Waals surface area contributed by atoms with Crippen molar-refractivity contribution in [1.82, 2.24) is 20.3 Å². The van der Waals surface area contributed by atoms with E-state index in [0.717, 1.165) is 23.0 Å². The predicted molar refractivity (Wildman–Crippen MR) is 104 cm³/mol. The van der Waals surface area contributed by atoms with Crippen LogP contribution in [0.1, 0.15) is 12.8 Å². The molecule has 142 valence electrons. The smallest absolute Gasteiger partial charge is 0.336 e. The molecule has 0 atom stereocenters. The molecule has 3 N–H and O–H groups in total. The third-order valence-corrected chi connectivity index (χ3v) is 5.22. The standard InChI is InChI=1S/C18H21ClN6O2/c19-12-3-4-13-14(10-12)21-16(20)11-15(13)23-6-8-24(9-7-23)18(27)22-25-5-1-2-17(25)26/h3-4,10-11H,1-2,5-9H2,(H2,20,21)(H,22,27). The first-order valence-corrected chi connectivity index (χ1v) is 9.36. The number of hydrogen-bond donors (Lipinski definition) is 2. The van der Waals surface area contributed by atoms with Gasteiger partial charge in [0.2, 0.25) is 5.91 Å². The summed E-state index contributed by atoms with van der Waals surface area (Å²) in [5.41, 5.74) is 10.4. The van der Waals surface area contributed by atoms with Crippen molar-refractivity contribution in [1.29, 1.82) is 0 Å². The average Bonchev–Trinajstić information content (AvgIpc) is 3.05. The number of nitrogens with two attached hydrogens (primary N) is 1. The van der Waals surface area contributed by atoms with Crippen LogP contribution in [0.15, 0.2) is 24.3 Å². The number of nitrogens with one attached hydrogen (secondary N) is 1. The molecular formula is C18H21ClN6O2. The van der Waals surface area contributed by atoms with Gasteiger partial charge in [-0.25, -0.2) is 15.2 Å². The van der Waals surface area contributed by atoms with Crippen LogP contribution in [0, 0.1) is 0 Å². The van der Waals surface area contributed by atoms with Gasteiger partial charge in [0.25, 0.3) is 0 Å². The van der Waals surface area contributed by atoms with Gasteiger partial charge in [-0.3, -0.25) is 9.80 Å². The van der Waals surface area contributed by atoms with Crippen molar-refractivity contribution in [2.45, 2.75) is 12.8 Å². The van der Waals surface area contributed by atoms with Crippen molar-refractivity contribution in [3.63, 3.8) is 0 Å². The van der Waals surface area contributed by atoms with Gasteiger partial charge >= 0.3 is 6.03 Å². The molecule has 9 heteroatoms. The fourth-order valence-corrected chi connectivity index (χ4v) is 3.73. The van der Waals surface area contributed by atoms with Crippen molar-refractivity contribution in [3.8, 4) is 0 Å². The molecule has 2 fully saturated rings. The van der Waals surface area contributed by atoms with Crippen molar-refractivity contribution in [2.24, 2.45) is 0 Å². The number of pyridine rings is 1. The summed E-state index contributed by atoms with van der Waals surface area (Å²) in [6.45, 7) is 3.04. The number of piperazine rings is 1. The molecule has 4 rings (SSSR count). The van der Waals surface area contributed by atoms with Crippen LogP contribution in [0.25, 0.3) is 10.9 Å². The molecule has 8 nitrogen and oxygen atoms in total. The van der Waals surface area contributed by atoms with Crippen molar-refractivity contribution in [3.05, 3.63) is 29.3 Å². The SMILES string of the molecule is Nc1cc(N2CCN(C(=O)NN3CCCC3=O)CC2)c2ccc(Cl)cc2n1. The number of nitrogen functional groups attached to an aromatic ring is 1. The first kappa shape index (κ1) is 17.7. The summed E-state index contributed by atoms with van der Waals surface area (Å²) < 4.78 is 0. The Balaban J connectivity index is 1.45. The largest absolute Gasteiger partial charge is 0.384 e. The number of rotatable bonds is 2. The maximum Gasteiger partial charge on any atom is 0.336 e. The van der Waals surface area contributed by atoms with E-state index in [2.05, 4.69) is 15.3 Å². The third kappa shape index (κ3) is 3.57. The molecule has 1 aromatic carbocycles. The zero-order valence-electron chi connectivity index (χ0n) is 14.8. The molecule has 0 unspecified atom stereocenters. The minimum atomic E-state index is -0.226. The highest BCUT2D eigenvalue weighted by molar-refractivity contribution is 6.31. The van der Waals surface area contributed by atoms with E-state index in [-0.39, 0.29) is 11.9 Å². The van der Waals surface area contributed by atoms with E-state index in [4.69, 9.17) is 17.3 Å². The number of fused-ring (bicyclic) bond motifs is 1. The Kier molecular flexibility index (Phi) is 4.65. The van der Waals surface area contributed by atoms with Crippen molar-refractivity contribution in [2.75, 3.05) is 43.4 Å². The summed E-state index contributed by atoms with van der Waals surface area (Å²) in [6.07, 6.45) is 1.28. The molecule has 0 aliphatic carbocycles. The van der Waals surface area contributed by atoms with Crippen molar-refractivity contribution >= 4 is 45.9 Å². The second-order valence-corrected chi connectivity index (χ2v) is 7.20. The van der Waals surface area contributed by atoms with Crippen LogP contribution < -0.4 is 16.1 Å². The summed E-state index contributed by atoms with van der Waals surface area (Å²) in [5.74, 6) is 0.409. The van der Waals surface area contributed by atoms with E-state index in [0.29, 0.717) is 50.0 Å². The number of urea groups is 1. The quantitative estimate of drug-likeness (QED) is 0.818. The van der Waals surface area contributed by atoms with Gasteiger partial charge in [0, 0.05) is 61.3 Å². The molecule has 3 amide bonds. The second kappa shape index (κ2) is 7.11. The number of halogens is 1. The van der Waals surface area contributed by atoms with Crippen molar-refractivity contribution < 1.29 is 9.59 Å². The predicted octanol–water partition coefficient (Wildman–Crippen LogP) is 1.84. The molecule has 3 heterocycles. The number of aromatic nitrogens is 1. The van der Waals surface area contributed by atoms with Gasteiger partial charge in [-0.05, 0) is 24.6 Å². The zero-order valence-corrected chi connectivity index (χ0v) is 15.6. The van der Waals surface area contributed by atoms with Crippen LogP contribution in [-0.2, 0) is 4.79 Å². The van der Waals surface area contributed by atoms with Gasteiger partial charge in [-0.15, -0.1) is 0 Å². The number of amides is 3. The highest BCUT2D eigenvalue weighted by Crippen LogP contribution is 2.30. The summed E-state index contributed by atoms with van der Waals surface area (Å²) in [7, 11) is 0. The number of carbonyl (C=O) groups excluding carboxylic acids is 2. The maximum absolute atomic E-state index is 12.4. The Morgan fingerprint density at radius 3 is 2.63 bits per heavy atom.